The highest BCUT2D eigenvalue weighted by atomic mass is 32.1. The van der Waals surface area contributed by atoms with Crippen LogP contribution in [0.15, 0.2) is 0 Å². The van der Waals surface area contributed by atoms with Crippen molar-refractivity contribution >= 4 is 35.7 Å². The van der Waals surface area contributed by atoms with Crippen molar-refractivity contribution in [2.45, 2.75) is 92.9 Å². The Hall–Kier alpha value is -0.360. The van der Waals surface area contributed by atoms with E-state index < -0.39 is 10.5 Å². The van der Waals surface area contributed by atoms with Gasteiger partial charge in [0.1, 0.15) is 0 Å². The van der Waals surface area contributed by atoms with E-state index in [1.807, 2.05) is 0 Å². The van der Waals surface area contributed by atoms with E-state index in [4.69, 9.17) is 9.59 Å². The van der Waals surface area contributed by atoms with Gasteiger partial charge in [-0.25, -0.2) is 0 Å². The zero-order chi connectivity index (χ0) is 20.0. The van der Waals surface area contributed by atoms with Gasteiger partial charge in [-0.05, 0) is 11.8 Å². The Morgan fingerprint density at radius 2 is 0.958 bits per heavy atom. The maximum absolute atomic E-state index is 9.09. The minimum absolute atomic E-state index is 0.639. The monoisotopic (exact) mass is 382 g/mol. The molecule has 0 aliphatic rings. The molecule has 0 rings (SSSR count). The fourth-order valence-corrected chi connectivity index (χ4v) is 1.51. The summed E-state index contributed by atoms with van der Waals surface area (Å²) >= 11 is 6.21. The molecule has 4 N–H and O–H groups in total. The summed E-state index contributed by atoms with van der Waals surface area (Å²) < 4.78 is 0. The number of carbonyl (C=O) groups excluding carboxylic acids is 2. The van der Waals surface area contributed by atoms with Gasteiger partial charge in [0.2, 0.25) is 0 Å². The zero-order valence-electron chi connectivity index (χ0n) is 16.7. The molecular formula is C18H42N2O2S2. The number of primary amides is 2. The first-order valence-electron chi connectivity index (χ1n) is 9.05. The molecule has 0 spiro atoms. The second-order valence-electron chi connectivity index (χ2n) is 5.99. The Morgan fingerprint density at radius 3 is 1.08 bits per heavy atom. The van der Waals surface area contributed by atoms with Crippen LogP contribution in [0.3, 0.4) is 0 Å². The molecule has 0 aromatic heterocycles. The van der Waals surface area contributed by atoms with Crippen LogP contribution >= 0.6 is 25.3 Å². The first kappa shape index (κ1) is 31.4. The minimum atomic E-state index is -0.639. The van der Waals surface area contributed by atoms with Crippen LogP contribution in [0.25, 0.3) is 0 Å². The topological polar surface area (TPSA) is 86.2 Å². The lowest BCUT2D eigenvalue weighted by molar-refractivity contribution is 0.266. The lowest BCUT2D eigenvalue weighted by atomic mass is 10.0. The number of nitrogens with two attached hydrogens (primary N) is 2. The van der Waals surface area contributed by atoms with Crippen molar-refractivity contribution in [2.24, 2.45) is 23.3 Å². The summed E-state index contributed by atoms with van der Waals surface area (Å²) in [6, 6.07) is 0. The van der Waals surface area contributed by atoms with Gasteiger partial charge < -0.3 is 11.5 Å². The number of hydrogen-bond donors (Lipinski definition) is 4. The number of carbonyl (C=O) groups is 2. The number of unbranched alkanes of at least 4 members (excludes halogenated alkanes) is 2. The average molecular weight is 383 g/mol. The van der Waals surface area contributed by atoms with Crippen LogP contribution in [-0.2, 0) is 0 Å². The van der Waals surface area contributed by atoms with E-state index in [2.05, 4.69) is 78.3 Å². The molecule has 0 heterocycles. The predicted octanol–water partition coefficient (Wildman–Crippen LogP) is 6.44. The minimum Gasteiger partial charge on any atom is -0.361 e. The van der Waals surface area contributed by atoms with E-state index >= 15 is 0 Å². The lowest BCUT2D eigenvalue weighted by Crippen LogP contribution is -1.95. The van der Waals surface area contributed by atoms with Crippen LogP contribution in [-0.4, -0.2) is 10.5 Å². The molecule has 24 heavy (non-hydrogen) atoms. The second kappa shape index (κ2) is 27.5. The molecule has 0 aromatic carbocycles. The summed E-state index contributed by atoms with van der Waals surface area (Å²) in [7, 11) is 0. The molecule has 148 valence electrons. The van der Waals surface area contributed by atoms with Gasteiger partial charge in [-0.2, -0.15) is 0 Å². The van der Waals surface area contributed by atoms with Crippen LogP contribution in [0.5, 0.6) is 0 Å². The highest BCUT2D eigenvalue weighted by molar-refractivity contribution is 7.96. The van der Waals surface area contributed by atoms with E-state index in [1.54, 1.807) is 0 Å². The van der Waals surface area contributed by atoms with E-state index in [0.29, 0.717) is 0 Å². The summed E-state index contributed by atoms with van der Waals surface area (Å²) in [5, 5.41) is -1.28. The standard InChI is InChI=1S/2C8H18.2CH3NOS/c2*1-4-6-7-8(3)5-2;2*2-1(3)4/h2*8H,4-7H2,1-3H3;2*(H3,2,3,4). The SMILES string of the molecule is CCCCC(C)CC.CCCCC(C)CC.NC(=O)S.NC(=O)S. The number of thiol groups is 2. The van der Waals surface area contributed by atoms with Crippen LogP contribution in [0.2, 0.25) is 0 Å². The van der Waals surface area contributed by atoms with Gasteiger partial charge in [-0.3, -0.25) is 9.59 Å². The van der Waals surface area contributed by atoms with Crippen molar-refractivity contribution in [3.63, 3.8) is 0 Å². The Balaban J connectivity index is -0.000000117. The molecule has 2 unspecified atom stereocenters. The third-order valence-corrected chi connectivity index (χ3v) is 3.49. The number of hydrogen-bond acceptors (Lipinski definition) is 2. The molecule has 2 amide bonds. The second-order valence-corrected chi connectivity index (χ2v) is 6.87. The van der Waals surface area contributed by atoms with Crippen LogP contribution in [0, 0.1) is 11.8 Å². The highest BCUT2D eigenvalue weighted by Gasteiger charge is 1.95. The molecule has 2 atom stereocenters. The van der Waals surface area contributed by atoms with Gasteiger partial charge in [-0.15, -0.1) is 0 Å². The normalized spacial score (nSPS) is 11.3. The van der Waals surface area contributed by atoms with Crippen molar-refractivity contribution in [1.82, 2.24) is 0 Å². The summed E-state index contributed by atoms with van der Waals surface area (Å²) in [4.78, 5) is 18.2. The molecule has 0 aliphatic heterocycles. The van der Waals surface area contributed by atoms with E-state index in [9.17, 15) is 0 Å². The van der Waals surface area contributed by atoms with Gasteiger partial charge in [0.25, 0.3) is 10.5 Å². The molecule has 0 saturated heterocycles. The van der Waals surface area contributed by atoms with Crippen molar-refractivity contribution in [1.29, 1.82) is 0 Å². The molecule has 0 aliphatic carbocycles. The van der Waals surface area contributed by atoms with Crippen LogP contribution in [0.4, 0.5) is 9.59 Å². The van der Waals surface area contributed by atoms with Gasteiger partial charge in [0.15, 0.2) is 0 Å². The molecule has 0 saturated carbocycles. The molecule has 6 heteroatoms. The van der Waals surface area contributed by atoms with Crippen LogP contribution in [0.1, 0.15) is 92.9 Å². The van der Waals surface area contributed by atoms with Gasteiger partial charge in [0.05, 0.1) is 0 Å². The fourth-order valence-electron chi connectivity index (χ4n) is 1.51. The highest BCUT2D eigenvalue weighted by Crippen LogP contribution is 2.10. The first-order valence-corrected chi connectivity index (χ1v) is 9.94. The van der Waals surface area contributed by atoms with E-state index in [1.165, 1.54) is 51.4 Å². The van der Waals surface area contributed by atoms with Crippen molar-refractivity contribution in [3.05, 3.63) is 0 Å². The fraction of sp³-hybridized carbons (Fsp3) is 0.889. The van der Waals surface area contributed by atoms with Crippen molar-refractivity contribution in [3.8, 4) is 0 Å². The molecule has 0 radical (unpaired) electrons. The third kappa shape index (κ3) is 68.0. The Morgan fingerprint density at radius 1 is 0.750 bits per heavy atom. The summed E-state index contributed by atoms with van der Waals surface area (Å²) in [5.41, 5.74) is 8.67. The van der Waals surface area contributed by atoms with Gasteiger partial charge >= 0.3 is 0 Å². The molecule has 0 aromatic rings. The Bertz CT molecular complexity index is 231. The average Bonchev–Trinajstić information content (AvgIpc) is 2.49. The third-order valence-electron chi connectivity index (χ3n) is 3.49. The summed E-state index contributed by atoms with van der Waals surface area (Å²) in [5.74, 6) is 1.91. The first-order chi connectivity index (χ1) is 11.1. The van der Waals surface area contributed by atoms with Crippen LogP contribution < -0.4 is 11.5 Å². The van der Waals surface area contributed by atoms with E-state index in [0.717, 1.165) is 11.8 Å². The molecular weight excluding hydrogens is 340 g/mol. The van der Waals surface area contributed by atoms with Gasteiger partial charge in [0, 0.05) is 0 Å². The quantitative estimate of drug-likeness (QED) is 0.364. The van der Waals surface area contributed by atoms with Gasteiger partial charge in [-0.1, -0.05) is 118 Å². The Kier molecular flexibility index (Phi) is 36.0. The largest absolute Gasteiger partial charge is 0.361 e. The summed E-state index contributed by atoms with van der Waals surface area (Å²) in [6.45, 7) is 13.7. The number of amides is 2. The predicted molar refractivity (Wildman–Crippen MR) is 115 cm³/mol. The molecule has 0 fully saturated rings. The van der Waals surface area contributed by atoms with Crippen molar-refractivity contribution in [2.75, 3.05) is 0 Å². The Labute approximate surface area is 161 Å². The maximum atomic E-state index is 9.09. The smallest absolute Gasteiger partial charge is 0.273 e. The molecule has 4 nitrogen and oxygen atoms in total. The summed E-state index contributed by atoms with van der Waals surface area (Å²) in [6.07, 6.45) is 11.1. The lowest BCUT2D eigenvalue weighted by Gasteiger charge is -2.04. The molecule has 0 bridgehead atoms. The van der Waals surface area contributed by atoms with Crippen molar-refractivity contribution < 1.29 is 9.59 Å². The number of rotatable bonds is 8. The zero-order valence-corrected chi connectivity index (χ0v) is 18.5. The van der Waals surface area contributed by atoms with E-state index in [-0.39, 0.29) is 0 Å². The maximum Gasteiger partial charge on any atom is 0.273 e.